The van der Waals surface area contributed by atoms with Crippen LogP contribution in [0.3, 0.4) is 0 Å². The van der Waals surface area contributed by atoms with Crippen LogP contribution in [0.1, 0.15) is 11.1 Å². The van der Waals surface area contributed by atoms with Crippen molar-refractivity contribution in [3.05, 3.63) is 53.6 Å². The number of thiazole rings is 1. The summed E-state index contributed by atoms with van der Waals surface area (Å²) in [6, 6.07) is 13.6. The molecule has 0 radical (unpaired) electrons. The Kier molecular flexibility index (Phi) is 5.90. The first-order valence-electron chi connectivity index (χ1n) is 8.11. The fourth-order valence-corrected chi connectivity index (χ4v) is 3.91. The number of nitrogens with zero attached hydrogens (tertiary/aromatic N) is 1. The molecule has 3 rings (SSSR count). The number of hydrogen-bond acceptors (Lipinski definition) is 5. The lowest BCUT2D eigenvalue weighted by molar-refractivity contribution is -0.114. The van der Waals surface area contributed by atoms with E-state index < -0.39 is 0 Å². The maximum Gasteiger partial charge on any atom is 0.236 e. The SMILES string of the molecule is Cc1ccc(NC(=O)CSCC(=O)Nc2nc3ccc(C)cc3s2)cc1. The summed E-state index contributed by atoms with van der Waals surface area (Å²) in [5, 5.41) is 6.19. The number of thioether (sulfide) groups is 1. The van der Waals surface area contributed by atoms with E-state index >= 15 is 0 Å². The molecule has 2 amide bonds. The summed E-state index contributed by atoms with van der Waals surface area (Å²) < 4.78 is 1.05. The summed E-state index contributed by atoms with van der Waals surface area (Å²) in [4.78, 5) is 28.3. The van der Waals surface area contributed by atoms with Crippen LogP contribution in [0.2, 0.25) is 0 Å². The summed E-state index contributed by atoms with van der Waals surface area (Å²) in [6.07, 6.45) is 0. The van der Waals surface area contributed by atoms with Gasteiger partial charge in [-0.1, -0.05) is 35.1 Å². The second-order valence-corrected chi connectivity index (χ2v) is 7.96. The zero-order chi connectivity index (χ0) is 18.5. The van der Waals surface area contributed by atoms with Gasteiger partial charge >= 0.3 is 0 Å². The largest absolute Gasteiger partial charge is 0.325 e. The molecule has 0 aliphatic carbocycles. The summed E-state index contributed by atoms with van der Waals surface area (Å²) in [5.41, 5.74) is 3.93. The van der Waals surface area contributed by atoms with Crippen LogP contribution >= 0.6 is 23.1 Å². The first kappa shape index (κ1) is 18.4. The molecule has 0 bridgehead atoms. The van der Waals surface area contributed by atoms with Gasteiger partial charge in [-0.05, 0) is 43.7 Å². The number of carbonyl (C=O) groups is 2. The van der Waals surface area contributed by atoms with Gasteiger partial charge in [-0.25, -0.2) is 4.98 Å². The number of hydrogen-bond donors (Lipinski definition) is 2. The molecule has 0 spiro atoms. The smallest absolute Gasteiger partial charge is 0.236 e. The summed E-state index contributed by atoms with van der Waals surface area (Å²) in [6.45, 7) is 4.02. The van der Waals surface area contributed by atoms with Gasteiger partial charge < -0.3 is 10.6 Å². The number of rotatable bonds is 6. The topological polar surface area (TPSA) is 71.1 Å². The number of aromatic nitrogens is 1. The highest BCUT2D eigenvalue weighted by molar-refractivity contribution is 8.00. The number of carbonyl (C=O) groups excluding carboxylic acids is 2. The van der Waals surface area contributed by atoms with Crippen molar-refractivity contribution in [2.45, 2.75) is 13.8 Å². The van der Waals surface area contributed by atoms with Crippen LogP contribution in [-0.2, 0) is 9.59 Å². The highest BCUT2D eigenvalue weighted by atomic mass is 32.2. The number of nitrogens with one attached hydrogen (secondary N) is 2. The molecule has 26 heavy (non-hydrogen) atoms. The maximum atomic E-state index is 12.0. The molecular formula is C19H19N3O2S2. The van der Waals surface area contributed by atoms with Crippen LogP contribution in [0, 0.1) is 13.8 Å². The van der Waals surface area contributed by atoms with Crippen LogP contribution in [0.15, 0.2) is 42.5 Å². The molecule has 134 valence electrons. The van der Waals surface area contributed by atoms with E-state index in [4.69, 9.17) is 0 Å². The third-order valence-corrected chi connectivity index (χ3v) is 5.46. The molecule has 0 saturated carbocycles. The predicted octanol–water partition coefficient (Wildman–Crippen LogP) is 4.22. The van der Waals surface area contributed by atoms with E-state index in [0.717, 1.165) is 27.0 Å². The van der Waals surface area contributed by atoms with Gasteiger partial charge in [0.15, 0.2) is 5.13 Å². The summed E-state index contributed by atoms with van der Waals surface area (Å²) >= 11 is 2.72. The lowest BCUT2D eigenvalue weighted by Crippen LogP contribution is -2.18. The lowest BCUT2D eigenvalue weighted by Gasteiger charge is -2.05. The summed E-state index contributed by atoms with van der Waals surface area (Å²) in [7, 11) is 0. The molecule has 1 aromatic heterocycles. The molecule has 3 aromatic rings. The van der Waals surface area contributed by atoms with Crippen LogP contribution < -0.4 is 10.6 Å². The molecule has 7 heteroatoms. The van der Waals surface area contributed by atoms with Crippen molar-refractivity contribution in [1.82, 2.24) is 4.98 Å². The Balaban J connectivity index is 1.44. The van der Waals surface area contributed by atoms with Crippen molar-refractivity contribution in [3.8, 4) is 0 Å². The Morgan fingerprint density at radius 3 is 2.35 bits per heavy atom. The maximum absolute atomic E-state index is 12.0. The van der Waals surface area contributed by atoms with Crippen molar-refractivity contribution in [2.24, 2.45) is 0 Å². The lowest BCUT2D eigenvalue weighted by atomic mass is 10.2. The molecule has 0 fully saturated rings. The van der Waals surface area contributed by atoms with Gasteiger partial charge in [0.2, 0.25) is 11.8 Å². The molecule has 2 aromatic carbocycles. The number of amides is 2. The molecule has 0 atom stereocenters. The van der Waals surface area contributed by atoms with Gasteiger partial charge in [0, 0.05) is 5.69 Å². The number of anilines is 2. The van der Waals surface area contributed by atoms with Gasteiger partial charge in [0.25, 0.3) is 0 Å². The van der Waals surface area contributed by atoms with Crippen LogP contribution in [-0.4, -0.2) is 28.3 Å². The van der Waals surface area contributed by atoms with Gasteiger partial charge in [-0.2, -0.15) is 0 Å². The van der Waals surface area contributed by atoms with Crippen molar-refractivity contribution < 1.29 is 9.59 Å². The Bertz CT molecular complexity index is 936. The monoisotopic (exact) mass is 385 g/mol. The van der Waals surface area contributed by atoms with E-state index in [0.29, 0.717) is 5.13 Å². The van der Waals surface area contributed by atoms with Crippen molar-refractivity contribution in [1.29, 1.82) is 0 Å². The van der Waals surface area contributed by atoms with Crippen molar-refractivity contribution in [2.75, 3.05) is 22.1 Å². The third kappa shape index (κ3) is 5.06. The molecule has 0 aliphatic heterocycles. The standard InChI is InChI=1S/C19H19N3O2S2/c1-12-3-6-14(7-4-12)20-17(23)10-25-11-18(24)22-19-21-15-8-5-13(2)9-16(15)26-19/h3-9H,10-11H2,1-2H3,(H,20,23)(H,21,22,24). The van der Waals surface area contributed by atoms with Crippen molar-refractivity contribution in [3.63, 3.8) is 0 Å². The zero-order valence-corrected chi connectivity index (χ0v) is 16.2. The van der Waals surface area contributed by atoms with Gasteiger partial charge in [0.1, 0.15) is 0 Å². The minimum Gasteiger partial charge on any atom is -0.325 e. The third-order valence-electron chi connectivity index (χ3n) is 3.59. The van der Waals surface area contributed by atoms with E-state index in [1.807, 2.05) is 56.3 Å². The van der Waals surface area contributed by atoms with E-state index in [9.17, 15) is 9.59 Å². The van der Waals surface area contributed by atoms with Crippen LogP contribution in [0.5, 0.6) is 0 Å². The Morgan fingerprint density at radius 2 is 1.62 bits per heavy atom. The Labute approximate surface area is 160 Å². The quantitative estimate of drug-likeness (QED) is 0.666. The molecule has 5 nitrogen and oxygen atoms in total. The average molecular weight is 386 g/mol. The first-order valence-corrected chi connectivity index (χ1v) is 10.1. The number of aryl methyl sites for hydroxylation is 2. The second kappa shape index (κ2) is 8.33. The fourth-order valence-electron chi connectivity index (χ4n) is 2.31. The van der Waals surface area contributed by atoms with E-state index in [1.165, 1.54) is 23.1 Å². The van der Waals surface area contributed by atoms with Crippen molar-refractivity contribution >= 4 is 55.9 Å². The van der Waals surface area contributed by atoms with E-state index in [2.05, 4.69) is 15.6 Å². The number of benzene rings is 2. The van der Waals surface area contributed by atoms with E-state index in [1.54, 1.807) is 0 Å². The first-order chi connectivity index (χ1) is 12.5. The Morgan fingerprint density at radius 1 is 0.962 bits per heavy atom. The molecule has 1 heterocycles. The predicted molar refractivity (Wildman–Crippen MR) is 110 cm³/mol. The zero-order valence-electron chi connectivity index (χ0n) is 14.5. The average Bonchev–Trinajstić information content (AvgIpc) is 2.98. The second-order valence-electron chi connectivity index (χ2n) is 5.95. The highest BCUT2D eigenvalue weighted by Gasteiger charge is 2.10. The van der Waals surface area contributed by atoms with Gasteiger partial charge in [0.05, 0.1) is 21.7 Å². The van der Waals surface area contributed by atoms with E-state index in [-0.39, 0.29) is 23.3 Å². The summed E-state index contributed by atoms with van der Waals surface area (Å²) in [5.74, 6) is 0.146. The fraction of sp³-hybridized carbons (Fsp3) is 0.211. The molecule has 2 N–H and O–H groups in total. The Hall–Kier alpha value is -2.38. The normalized spacial score (nSPS) is 10.7. The van der Waals surface area contributed by atoms with Gasteiger partial charge in [-0.3, -0.25) is 9.59 Å². The number of fused-ring (bicyclic) bond motifs is 1. The molecule has 0 unspecified atom stereocenters. The van der Waals surface area contributed by atoms with Crippen LogP contribution in [0.4, 0.5) is 10.8 Å². The van der Waals surface area contributed by atoms with Gasteiger partial charge in [-0.15, -0.1) is 11.8 Å². The minimum atomic E-state index is -0.158. The molecular weight excluding hydrogens is 366 g/mol. The van der Waals surface area contributed by atoms with Crippen LogP contribution in [0.25, 0.3) is 10.2 Å². The molecule has 0 aliphatic rings. The highest BCUT2D eigenvalue weighted by Crippen LogP contribution is 2.26. The minimum absolute atomic E-state index is 0.123. The molecule has 0 saturated heterocycles.